The fourth-order valence-electron chi connectivity index (χ4n) is 3.02. The van der Waals surface area contributed by atoms with E-state index in [2.05, 4.69) is 11.8 Å². The molecule has 2 atom stereocenters. The molecule has 98 valence electrons. The third-order valence-corrected chi connectivity index (χ3v) is 3.95. The molecule has 2 unspecified atom stereocenters. The second kappa shape index (κ2) is 5.83. The zero-order valence-corrected chi connectivity index (χ0v) is 10.9. The summed E-state index contributed by atoms with van der Waals surface area (Å²) in [5.41, 5.74) is 5.88. The Morgan fingerprint density at radius 2 is 2.12 bits per heavy atom. The molecule has 0 aromatic rings. The van der Waals surface area contributed by atoms with Crippen LogP contribution in [0.4, 0.5) is 0 Å². The molecular weight excluding hydrogens is 214 g/mol. The SMILES string of the molecule is CCCN1CCCCC1C(=O)N1CCC(N)C1. The molecule has 2 fully saturated rings. The summed E-state index contributed by atoms with van der Waals surface area (Å²) in [6.07, 6.45) is 5.56. The molecule has 2 aliphatic heterocycles. The van der Waals surface area contributed by atoms with E-state index in [1.807, 2.05) is 4.90 Å². The van der Waals surface area contributed by atoms with Gasteiger partial charge in [-0.1, -0.05) is 13.3 Å². The molecule has 2 N–H and O–H groups in total. The second-order valence-electron chi connectivity index (χ2n) is 5.38. The van der Waals surface area contributed by atoms with Gasteiger partial charge in [0.2, 0.25) is 5.91 Å². The monoisotopic (exact) mass is 239 g/mol. The zero-order valence-electron chi connectivity index (χ0n) is 10.9. The third kappa shape index (κ3) is 2.99. The lowest BCUT2D eigenvalue weighted by molar-refractivity contribution is -0.137. The molecule has 0 spiro atoms. The molecule has 2 aliphatic rings. The number of hydrogen-bond acceptors (Lipinski definition) is 3. The number of carbonyl (C=O) groups excluding carboxylic acids is 1. The van der Waals surface area contributed by atoms with E-state index in [0.29, 0.717) is 5.91 Å². The first kappa shape index (κ1) is 12.8. The van der Waals surface area contributed by atoms with Crippen molar-refractivity contribution in [1.82, 2.24) is 9.80 Å². The predicted octanol–water partition coefficient (Wildman–Crippen LogP) is 0.811. The van der Waals surface area contributed by atoms with Crippen molar-refractivity contribution in [2.45, 2.75) is 51.1 Å². The van der Waals surface area contributed by atoms with Crippen molar-refractivity contribution in [1.29, 1.82) is 0 Å². The van der Waals surface area contributed by atoms with Gasteiger partial charge in [0.1, 0.15) is 0 Å². The van der Waals surface area contributed by atoms with E-state index in [-0.39, 0.29) is 12.1 Å². The summed E-state index contributed by atoms with van der Waals surface area (Å²) in [7, 11) is 0. The van der Waals surface area contributed by atoms with Crippen LogP contribution in [0.1, 0.15) is 39.0 Å². The van der Waals surface area contributed by atoms with E-state index in [9.17, 15) is 4.79 Å². The molecule has 2 saturated heterocycles. The van der Waals surface area contributed by atoms with Crippen molar-refractivity contribution in [3.63, 3.8) is 0 Å². The number of likely N-dealkylation sites (tertiary alicyclic amines) is 2. The normalized spacial score (nSPS) is 30.8. The number of nitrogens with zero attached hydrogens (tertiary/aromatic N) is 2. The fourth-order valence-corrected chi connectivity index (χ4v) is 3.02. The second-order valence-corrected chi connectivity index (χ2v) is 5.38. The molecule has 2 heterocycles. The summed E-state index contributed by atoms with van der Waals surface area (Å²) in [6, 6.07) is 0.330. The highest BCUT2D eigenvalue weighted by Gasteiger charge is 2.33. The lowest BCUT2D eigenvalue weighted by Crippen LogP contribution is -2.50. The summed E-state index contributed by atoms with van der Waals surface area (Å²) in [5, 5.41) is 0. The van der Waals surface area contributed by atoms with Crippen LogP contribution in [-0.2, 0) is 4.79 Å². The van der Waals surface area contributed by atoms with Crippen LogP contribution < -0.4 is 5.73 Å². The number of amides is 1. The van der Waals surface area contributed by atoms with Crippen LogP contribution in [0.25, 0.3) is 0 Å². The van der Waals surface area contributed by atoms with Crippen LogP contribution >= 0.6 is 0 Å². The summed E-state index contributed by atoms with van der Waals surface area (Å²) in [6.45, 7) is 5.94. The van der Waals surface area contributed by atoms with Crippen molar-refractivity contribution in [3.05, 3.63) is 0 Å². The predicted molar refractivity (Wildman–Crippen MR) is 68.7 cm³/mol. The maximum Gasteiger partial charge on any atom is 0.239 e. The molecule has 2 rings (SSSR count). The molecule has 0 radical (unpaired) electrons. The van der Waals surface area contributed by atoms with Gasteiger partial charge in [0.05, 0.1) is 6.04 Å². The number of hydrogen-bond donors (Lipinski definition) is 1. The van der Waals surface area contributed by atoms with Crippen molar-refractivity contribution < 1.29 is 4.79 Å². The van der Waals surface area contributed by atoms with Crippen molar-refractivity contribution in [3.8, 4) is 0 Å². The minimum absolute atomic E-state index is 0.133. The van der Waals surface area contributed by atoms with Crippen molar-refractivity contribution >= 4 is 5.91 Å². The van der Waals surface area contributed by atoms with Gasteiger partial charge in [-0.25, -0.2) is 0 Å². The highest BCUT2D eigenvalue weighted by atomic mass is 16.2. The van der Waals surface area contributed by atoms with Crippen molar-refractivity contribution in [2.75, 3.05) is 26.2 Å². The topological polar surface area (TPSA) is 49.6 Å². The zero-order chi connectivity index (χ0) is 12.3. The molecule has 4 nitrogen and oxygen atoms in total. The Morgan fingerprint density at radius 1 is 1.29 bits per heavy atom. The molecule has 4 heteroatoms. The first-order valence-electron chi connectivity index (χ1n) is 7.00. The van der Waals surface area contributed by atoms with Crippen LogP contribution in [0.3, 0.4) is 0 Å². The van der Waals surface area contributed by atoms with E-state index in [4.69, 9.17) is 5.73 Å². The maximum atomic E-state index is 12.5. The average molecular weight is 239 g/mol. The molecule has 0 saturated carbocycles. The molecule has 17 heavy (non-hydrogen) atoms. The molecular formula is C13H25N3O. The minimum atomic E-state index is 0.133. The molecule has 1 amide bonds. The van der Waals surface area contributed by atoms with Gasteiger partial charge in [-0.15, -0.1) is 0 Å². The smallest absolute Gasteiger partial charge is 0.239 e. The number of rotatable bonds is 3. The van der Waals surface area contributed by atoms with E-state index >= 15 is 0 Å². The van der Waals surface area contributed by atoms with Gasteiger partial charge in [-0.05, 0) is 38.8 Å². The van der Waals surface area contributed by atoms with Crippen LogP contribution in [0, 0.1) is 0 Å². The number of piperidine rings is 1. The Hall–Kier alpha value is -0.610. The van der Waals surface area contributed by atoms with Crippen molar-refractivity contribution in [2.24, 2.45) is 5.73 Å². The first-order chi connectivity index (χ1) is 8.22. The number of nitrogens with two attached hydrogens (primary N) is 1. The van der Waals surface area contributed by atoms with Gasteiger partial charge in [0.25, 0.3) is 0 Å². The summed E-state index contributed by atoms with van der Waals surface area (Å²) in [4.78, 5) is 16.8. The Bertz CT molecular complexity index is 267. The number of carbonyl (C=O) groups is 1. The van der Waals surface area contributed by atoms with Gasteiger partial charge >= 0.3 is 0 Å². The average Bonchev–Trinajstić information content (AvgIpc) is 2.76. The highest BCUT2D eigenvalue weighted by molar-refractivity contribution is 5.82. The van der Waals surface area contributed by atoms with Crippen LogP contribution in [0.15, 0.2) is 0 Å². The van der Waals surface area contributed by atoms with E-state index in [1.54, 1.807) is 0 Å². The lowest BCUT2D eigenvalue weighted by Gasteiger charge is -2.36. The summed E-state index contributed by atoms with van der Waals surface area (Å²) >= 11 is 0. The Kier molecular flexibility index (Phi) is 4.40. The Morgan fingerprint density at radius 3 is 2.76 bits per heavy atom. The minimum Gasteiger partial charge on any atom is -0.340 e. The fraction of sp³-hybridized carbons (Fsp3) is 0.923. The Labute approximate surface area is 104 Å². The van der Waals surface area contributed by atoms with Gasteiger partial charge in [-0.2, -0.15) is 0 Å². The third-order valence-electron chi connectivity index (χ3n) is 3.95. The van der Waals surface area contributed by atoms with Gasteiger partial charge in [0.15, 0.2) is 0 Å². The lowest BCUT2D eigenvalue weighted by atomic mass is 10.0. The van der Waals surface area contributed by atoms with Crippen LogP contribution in [0.2, 0.25) is 0 Å². The Balaban J connectivity index is 1.95. The quantitative estimate of drug-likeness (QED) is 0.793. The molecule has 0 aliphatic carbocycles. The maximum absolute atomic E-state index is 12.5. The van der Waals surface area contributed by atoms with Crippen LogP contribution in [-0.4, -0.2) is 54.0 Å². The largest absolute Gasteiger partial charge is 0.340 e. The molecule has 0 bridgehead atoms. The summed E-state index contributed by atoms with van der Waals surface area (Å²) in [5.74, 6) is 0.325. The molecule has 0 aromatic heterocycles. The van der Waals surface area contributed by atoms with Gasteiger partial charge in [-0.3, -0.25) is 9.69 Å². The summed E-state index contributed by atoms with van der Waals surface area (Å²) < 4.78 is 0. The van der Waals surface area contributed by atoms with Gasteiger partial charge in [0, 0.05) is 19.1 Å². The molecule has 0 aromatic carbocycles. The first-order valence-corrected chi connectivity index (χ1v) is 7.00. The van der Waals surface area contributed by atoms with Crippen LogP contribution in [0.5, 0.6) is 0 Å². The van der Waals surface area contributed by atoms with E-state index in [1.165, 1.54) is 12.8 Å². The van der Waals surface area contributed by atoms with E-state index in [0.717, 1.165) is 45.4 Å². The van der Waals surface area contributed by atoms with E-state index < -0.39 is 0 Å². The highest BCUT2D eigenvalue weighted by Crippen LogP contribution is 2.21. The standard InChI is InChI=1S/C13H25N3O/c1-2-7-15-8-4-3-5-12(15)13(17)16-9-6-11(14)10-16/h11-12H,2-10,14H2,1H3. The van der Waals surface area contributed by atoms with Gasteiger partial charge < -0.3 is 10.6 Å².